The molecule has 0 amide bonds. The average molecular weight is 267 g/mol. The summed E-state index contributed by atoms with van der Waals surface area (Å²) in [7, 11) is 0. The minimum atomic E-state index is -0.882. The molecule has 1 aromatic rings. The van der Waals surface area contributed by atoms with Gasteiger partial charge in [0.25, 0.3) is 5.69 Å². The summed E-state index contributed by atoms with van der Waals surface area (Å²) in [4.78, 5) is 20.8. The highest BCUT2D eigenvalue weighted by molar-refractivity contribution is 5.65. The van der Waals surface area contributed by atoms with Gasteiger partial charge in [-0.25, -0.2) is 0 Å². The molecular weight excluding hydrogens is 250 g/mol. The largest absolute Gasteiger partial charge is 0.465 e. The van der Waals surface area contributed by atoms with Crippen LogP contribution in [0.3, 0.4) is 0 Å². The van der Waals surface area contributed by atoms with Gasteiger partial charge < -0.3 is 9.84 Å². The lowest BCUT2D eigenvalue weighted by Crippen LogP contribution is -2.28. The van der Waals surface area contributed by atoms with E-state index in [-0.39, 0.29) is 12.3 Å². The number of carbonyl (C=O) groups excluding carboxylic acids is 1. The summed E-state index contributed by atoms with van der Waals surface area (Å²) in [5, 5.41) is 20.8. The van der Waals surface area contributed by atoms with Crippen molar-refractivity contribution < 1.29 is 19.6 Å². The fourth-order valence-electron chi connectivity index (χ4n) is 1.60. The average Bonchev–Trinajstić information content (AvgIpc) is 2.35. The van der Waals surface area contributed by atoms with E-state index >= 15 is 0 Å². The summed E-state index contributed by atoms with van der Waals surface area (Å²) in [5.74, 6) is -0.413. The summed E-state index contributed by atoms with van der Waals surface area (Å²) in [6.07, 6.45) is -0.882. The lowest BCUT2D eigenvalue weighted by atomic mass is 9.83. The molecule has 104 valence electrons. The molecule has 1 rings (SSSR count). The molecule has 0 bridgehead atoms. The SMILES string of the molecule is CC(=O)OCC(C)(C)[C@@H](O)c1ccc([N+](=O)[O-])cc1. The summed E-state index contributed by atoms with van der Waals surface area (Å²) in [6, 6.07) is 5.66. The highest BCUT2D eigenvalue weighted by Crippen LogP contribution is 2.34. The van der Waals surface area contributed by atoms with Crippen LogP contribution >= 0.6 is 0 Å². The molecule has 0 radical (unpaired) electrons. The van der Waals surface area contributed by atoms with Gasteiger partial charge in [-0.1, -0.05) is 13.8 Å². The van der Waals surface area contributed by atoms with Crippen molar-refractivity contribution in [3.63, 3.8) is 0 Å². The van der Waals surface area contributed by atoms with E-state index in [1.807, 2.05) is 0 Å². The Kier molecular flexibility index (Phi) is 4.61. The zero-order valence-corrected chi connectivity index (χ0v) is 11.1. The number of nitro benzene ring substituents is 1. The summed E-state index contributed by atoms with van der Waals surface area (Å²) < 4.78 is 4.90. The van der Waals surface area contributed by atoms with Crippen molar-refractivity contribution in [2.75, 3.05) is 6.61 Å². The molecular formula is C13H17NO5. The fraction of sp³-hybridized carbons (Fsp3) is 0.462. The van der Waals surface area contributed by atoms with Gasteiger partial charge in [0.05, 0.1) is 17.6 Å². The van der Waals surface area contributed by atoms with Crippen LogP contribution in [0.2, 0.25) is 0 Å². The standard InChI is InChI=1S/C13H17NO5/c1-9(15)19-8-13(2,3)12(16)10-4-6-11(7-5-10)14(17)18/h4-7,12,16H,8H2,1-3H3/t12-/m0/s1. The lowest BCUT2D eigenvalue weighted by Gasteiger charge is -2.30. The number of carbonyl (C=O) groups is 1. The predicted molar refractivity (Wildman–Crippen MR) is 68.5 cm³/mol. The third kappa shape index (κ3) is 4.03. The number of hydrogen-bond donors (Lipinski definition) is 1. The summed E-state index contributed by atoms with van der Waals surface area (Å²) >= 11 is 0. The predicted octanol–water partition coefficient (Wildman–Crippen LogP) is 2.22. The van der Waals surface area contributed by atoms with Crippen LogP contribution in [0.1, 0.15) is 32.4 Å². The van der Waals surface area contributed by atoms with Gasteiger partial charge in [-0.3, -0.25) is 14.9 Å². The van der Waals surface area contributed by atoms with Gasteiger partial charge >= 0.3 is 5.97 Å². The van der Waals surface area contributed by atoms with E-state index in [1.54, 1.807) is 13.8 Å². The maximum absolute atomic E-state index is 10.8. The lowest BCUT2D eigenvalue weighted by molar-refractivity contribution is -0.384. The molecule has 1 N–H and O–H groups in total. The van der Waals surface area contributed by atoms with Crippen LogP contribution in [-0.4, -0.2) is 22.6 Å². The quantitative estimate of drug-likeness (QED) is 0.502. The van der Waals surface area contributed by atoms with Crippen LogP contribution in [0.25, 0.3) is 0 Å². The Balaban J connectivity index is 2.83. The molecule has 0 spiro atoms. The van der Waals surface area contributed by atoms with Crippen LogP contribution in [0.5, 0.6) is 0 Å². The second-order valence-corrected chi connectivity index (χ2v) is 5.02. The number of non-ortho nitro benzene ring substituents is 1. The summed E-state index contributed by atoms with van der Waals surface area (Å²) in [6.45, 7) is 4.87. The van der Waals surface area contributed by atoms with E-state index in [9.17, 15) is 20.0 Å². The second kappa shape index (κ2) is 5.79. The number of hydrogen-bond acceptors (Lipinski definition) is 5. The Morgan fingerprint density at radius 3 is 2.37 bits per heavy atom. The number of nitrogens with zero attached hydrogens (tertiary/aromatic N) is 1. The Bertz CT molecular complexity index is 466. The number of esters is 1. The molecule has 1 atom stereocenters. The van der Waals surface area contributed by atoms with E-state index in [1.165, 1.54) is 31.2 Å². The number of rotatable bonds is 5. The Labute approximate surface area is 111 Å². The molecule has 19 heavy (non-hydrogen) atoms. The first-order valence-corrected chi connectivity index (χ1v) is 5.80. The molecule has 6 nitrogen and oxygen atoms in total. The monoisotopic (exact) mass is 267 g/mol. The third-order valence-corrected chi connectivity index (χ3v) is 2.81. The maximum atomic E-state index is 10.8. The van der Waals surface area contributed by atoms with Crippen LogP contribution in [0, 0.1) is 15.5 Å². The smallest absolute Gasteiger partial charge is 0.302 e. The fourth-order valence-corrected chi connectivity index (χ4v) is 1.60. The van der Waals surface area contributed by atoms with Gasteiger partial charge in [0, 0.05) is 24.5 Å². The number of nitro groups is 1. The van der Waals surface area contributed by atoms with Crippen LogP contribution in [-0.2, 0) is 9.53 Å². The zero-order valence-electron chi connectivity index (χ0n) is 11.1. The third-order valence-electron chi connectivity index (χ3n) is 2.81. The molecule has 0 saturated heterocycles. The van der Waals surface area contributed by atoms with Gasteiger partial charge in [-0.2, -0.15) is 0 Å². The highest BCUT2D eigenvalue weighted by Gasteiger charge is 2.30. The normalized spacial score (nSPS) is 12.8. The molecule has 6 heteroatoms. The minimum Gasteiger partial charge on any atom is -0.465 e. The summed E-state index contributed by atoms with van der Waals surface area (Å²) in [5.41, 5.74) is -0.168. The Morgan fingerprint density at radius 1 is 1.42 bits per heavy atom. The van der Waals surface area contributed by atoms with Crippen molar-refractivity contribution in [2.45, 2.75) is 26.9 Å². The first-order valence-electron chi connectivity index (χ1n) is 5.80. The van der Waals surface area contributed by atoms with Gasteiger partial charge in [-0.15, -0.1) is 0 Å². The molecule has 0 aliphatic rings. The van der Waals surface area contributed by atoms with Crippen molar-refractivity contribution in [3.8, 4) is 0 Å². The van der Waals surface area contributed by atoms with E-state index in [4.69, 9.17) is 4.74 Å². The van der Waals surface area contributed by atoms with E-state index in [0.29, 0.717) is 5.56 Å². The van der Waals surface area contributed by atoms with E-state index in [0.717, 1.165) is 0 Å². The number of ether oxygens (including phenoxy) is 1. The highest BCUT2D eigenvalue weighted by atomic mass is 16.6. The molecule has 1 aromatic carbocycles. The van der Waals surface area contributed by atoms with E-state index in [2.05, 4.69) is 0 Å². The molecule has 0 aromatic heterocycles. The van der Waals surface area contributed by atoms with Crippen molar-refractivity contribution in [1.82, 2.24) is 0 Å². The molecule has 0 aliphatic heterocycles. The van der Waals surface area contributed by atoms with Gasteiger partial charge in [0.2, 0.25) is 0 Å². The number of aliphatic hydroxyl groups excluding tert-OH is 1. The molecule has 0 fully saturated rings. The second-order valence-electron chi connectivity index (χ2n) is 5.02. The number of benzene rings is 1. The molecule has 0 unspecified atom stereocenters. The molecule has 0 saturated carbocycles. The Morgan fingerprint density at radius 2 is 1.95 bits per heavy atom. The van der Waals surface area contributed by atoms with Crippen LogP contribution in [0.15, 0.2) is 24.3 Å². The zero-order chi connectivity index (χ0) is 14.6. The van der Waals surface area contributed by atoms with Crippen molar-refractivity contribution in [1.29, 1.82) is 0 Å². The molecule has 0 aliphatic carbocycles. The topological polar surface area (TPSA) is 89.7 Å². The van der Waals surface area contributed by atoms with Crippen LogP contribution in [0.4, 0.5) is 5.69 Å². The van der Waals surface area contributed by atoms with Crippen LogP contribution < -0.4 is 0 Å². The molecule has 0 heterocycles. The first-order chi connectivity index (χ1) is 8.74. The van der Waals surface area contributed by atoms with Crippen molar-refractivity contribution in [2.24, 2.45) is 5.41 Å². The first kappa shape index (κ1) is 15.1. The van der Waals surface area contributed by atoms with Gasteiger partial charge in [0.1, 0.15) is 0 Å². The van der Waals surface area contributed by atoms with Gasteiger partial charge in [0.15, 0.2) is 0 Å². The number of aliphatic hydroxyl groups is 1. The maximum Gasteiger partial charge on any atom is 0.302 e. The van der Waals surface area contributed by atoms with Crippen molar-refractivity contribution in [3.05, 3.63) is 39.9 Å². The minimum absolute atomic E-state index is 0.0336. The van der Waals surface area contributed by atoms with Gasteiger partial charge in [-0.05, 0) is 17.7 Å². The Hall–Kier alpha value is -1.95. The van der Waals surface area contributed by atoms with E-state index < -0.39 is 22.4 Å². The van der Waals surface area contributed by atoms with Crippen molar-refractivity contribution >= 4 is 11.7 Å².